The Balaban J connectivity index is 1.81. The maximum Gasteiger partial charge on any atom is 0.160 e. The van der Waals surface area contributed by atoms with E-state index in [9.17, 15) is 0 Å². The Bertz CT molecular complexity index is 754. The van der Waals surface area contributed by atoms with E-state index in [1.54, 1.807) is 26.6 Å². The van der Waals surface area contributed by atoms with Crippen LogP contribution in [-0.4, -0.2) is 29.4 Å². The van der Waals surface area contributed by atoms with E-state index in [1.807, 2.05) is 36.4 Å². The average molecular weight is 295 g/mol. The van der Waals surface area contributed by atoms with Crippen LogP contribution in [0, 0.1) is 0 Å². The van der Waals surface area contributed by atoms with Crippen LogP contribution in [0.5, 0.6) is 11.5 Å². The number of hydrogen-bond donors (Lipinski definition) is 1. The largest absolute Gasteiger partial charge is 0.493 e. The van der Waals surface area contributed by atoms with Crippen molar-refractivity contribution in [3.05, 3.63) is 60.0 Å². The van der Waals surface area contributed by atoms with Gasteiger partial charge in [-0.2, -0.15) is 5.10 Å². The third-order valence-corrected chi connectivity index (χ3v) is 3.45. The molecule has 0 atom stereocenters. The lowest BCUT2D eigenvalue weighted by atomic mass is 10.1. The Morgan fingerprint density at radius 2 is 1.73 bits per heavy atom. The molecule has 1 N–H and O–H groups in total. The monoisotopic (exact) mass is 295 g/mol. The summed E-state index contributed by atoms with van der Waals surface area (Å²) in [4.78, 5) is 4.02. The van der Waals surface area contributed by atoms with Gasteiger partial charge in [0, 0.05) is 30.1 Å². The number of aromatic amines is 1. The Hall–Kier alpha value is -2.82. The summed E-state index contributed by atoms with van der Waals surface area (Å²) >= 11 is 0. The van der Waals surface area contributed by atoms with Crippen LogP contribution >= 0.6 is 0 Å². The summed E-state index contributed by atoms with van der Waals surface area (Å²) in [7, 11) is 3.27. The predicted molar refractivity (Wildman–Crippen MR) is 84.2 cm³/mol. The van der Waals surface area contributed by atoms with Crippen LogP contribution in [0.25, 0.3) is 11.3 Å². The summed E-state index contributed by atoms with van der Waals surface area (Å²) in [6.07, 6.45) is 4.27. The minimum absolute atomic E-state index is 0.730. The third-order valence-electron chi connectivity index (χ3n) is 3.45. The summed E-state index contributed by atoms with van der Waals surface area (Å²) in [6, 6.07) is 11.8. The molecule has 0 radical (unpaired) electrons. The molecule has 112 valence electrons. The summed E-state index contributed by atoms with van der Waals surface area (Å²) in [6.45, 7) is 0. The molecule has 22 heavy (non-hydrogen) atoms. The van der Waals surface area contributed by atoms with Gasteiger partial charge < -0.3 is 9.47 Å². The predicted octanol–water partition coefficient (Wildman–Crippen LogP) is 3.08. The summed E-state index contributed by atoms with van der Waals surface area (Å²) < 4.78 is 10.6. The number of pyridine rings is 1. The van der Waals surface area contributed by atoms with Crippen molar-refractivity contribution in [2.45, 2.75) is 6.42 Å². The molecule has 0 aliphatic carbocycles. The number of rotatable bonds is 5. The molecule has 0 bridgehead atoms. The van der Waals surface area contributed by atoms with Gasteiger partial charge in [-0.25, -0.2) is 0 Å². The van der Waals surface area contributed by atoms with Crippen molar-refractivity contribution >= 4 is 0 Å². The highest BCUT2D eigenvalue weighted by Crippen LogP contribution is 2.28. The van der Waals surface area contributed by atoms with Gasteiger partial charge in [-0.3, -0.25) is 10.1 Å². The van der Waals surface area contributed by atoms with Crippen LogP contribution in [-0.2, 0) is 6.42 Å². The molecule has 1 aromatic carbocycles. The first-order valence-electron chi connectivity index (χ1n) is 6.95. The number of nitrogens with zero attached hydrogens (tertiary/aromatic N) is 2. The van der Waals surface area contributed by atoms with Crippen LogP contribution in [0.1, 0.15) is 11.3 Å². The number of H-pyrrole nitrogens is 1. The van der Waals surface area contributed by atoms with E-state index in [1.165, 1.54) is 0 Å². The van der Waals surface area contributed by atoms with Crippen molar-refractivity contribution in [2.75, 3.05) is 14.2 Å². The normalized spacial score (nSPS) is 10.5. The zero-order valence-electron chi connectivity index (χ0n) is 12.5. The lowest BCUT2D eigenvalue weighted by Gasteiger charge is -2.08. The second-order valence-electron chi connectivity index (χ2n) is 4.88. The van der Waals surface area contributed by atoms with E-state index < -0.39 is 0 Å². The standard InChI is InChI=1S/C17H17N3O2/c1-21-16-4-3-12(10-17(16)22-2)9-14-11-15(20-19-14)13-5-7-18-8-6-13/h3-8,10-11H,9H2,1-2H3,(H,19,20). The molecular weight excluding hydrogens is 278 g/mol. The van der Waals surface area contributed by atoms with Crippen molar-refractivity contribution in [3.63, 3.8) is 0 Å². The molecule has 3 aromatic rings. The van der Waals surface area contributed by atoms with Gasteiger partial charge in [0.05, 0.1) is 19.9 Å². The molecule has 0 saturated heterocycles. The molecule has 0 saturated carbocycles. The minimum Gasteiger partial charge on any atom is -0.493 e. The molecule has 2 aromatic heterocycles. The smallest absolute Gasteiger partial charge is 0.160 e. The number of ether oxygens (including phenoxy) is 2. The molecule has 0 aliphatic heterocycles. The average Bonchev–Trinajstić information content (AvgIpc) is 3.04. The van der Waals surface area contributed by atoms with Gasteiger partial charge >= 0.3 is 0 Å². The van der Waals surface area contributed by atoms with Gasteiger partial charge in [0.15, 0.2) is 11.5 Å². The van der Waals surface area contributed by atoms with E-state index in [-0.39, 0.29) is 0 Å². The lowest BCUT2D eigenvalue weighted by molar-refractivity contribution is 0.354. The van der Waals surface area contributed by atoms with Crippen molar-refractivity contribution in [1.29, 1.82) is 0 Å². The molecule has 0 spiro atoms. The quantitative estimate of drug-likeness (QED) is 0.786. The zero-order chi connectivity index (χ0) is 15.4. The highest BCUT2D eigenvalue weighted by atomic mass is 16.5. The molecule has 0 fully saturated rings. The van der Waals surface area contributed by atoms with Crippen molar-refractivity contribution in [1.82, 2.24) is 15.2 Å². The summed E-state index contributed by atoms with van der Waals surface area (Å²) in [5.41, 5.74) is 4.13. The van der Waals surface area contributed by atoms with Crippen LogP contribution in [0.3, 0.4) is 0 Å². The van der Waals surface area contributed by atoms with E-state index >= 15 is 0 Å². The molecule has 5 heteroatoms. The first kappa shape index (κ1) is 14.1. The molecule has 2 heterocycles. The molecule has 0 unspecified atom stereocenters. The van der Waals surface area contributed by atoms with Crippen LogP contribution in [0.2, 0.25) is 0 Å². The van der Waals surface area contributed by atoms with Gasteiger partial charge in [0.2, 0.25) is 0 Å². The summed E-state index contributed by atoms with van der Waals surface area (Å²) in [5, 5.41) is 7.43. The highest BCUT2D eigenvalue weighted by molar-refractivity contribution is 5.58. The third kappa shape index (κ3) is 2.93. The molecular formula is C17H17N3O2. The summed E-state index contributed by atoms with van der Waals surface area (Å²) in [5.74, 6) is 1.46. The molecule has 0 aliphatic rings. The number of benzene rings is 1. The SMILES string of the molecule is COc1ccc(Cc2cc(-c3ccncc3)n[nH]2)cc1OC. The molecule has 0 amide bonds. The van der Waals surface area contributed by atoms with Gasteiger partial charge in [-0.1, -0.05) is 6.07 Å². The van der Waals surface area contributed by atoms with Gasteiger partial charge in [0.25, 0.3) is 0 Å². The first-order valence-corrected chi connectivity index (χ1v) is 6.95. The maximum absolute atomic E-state index is 5.33. The fraction of sp³-hybridized carbons (Fsp3) is 0.176. The lowest BCUT2D eigenvalue weighted by Crippen LogP contribution is -1.94. The van der Waals surface area contributed by atoms with Crippen molar-refractivity contribution < 1.29 is 9.47 Å². The second kappa shape index (κ2) is 6.30. The van der Waals surface area contributed by atoms with Crippen molar-refractivity contribution in [3.8, 4) is 22.8 Å². The van der Waals surface area contributed by atoms with Crippen LogP contribution in [0.4, 0.5) is 0 Å². The Labute approximate surface area is 128 Å². The second-order valence-corrected chi connectivity index (χ2v) is 4.88. The van der Waals surface area contributed by atoms with E-state index in [4.69, 9.17) is 9.47 Å². The number of hydrogen-bond acceptors (Lipinski definition) is 4. The number of methoxy groups -OCH3 is 2. The maximum atomic E-state index is 5.33. The van der Waals surface area contributed by atoms with Gasteiger partial charge in [-0.05, 0) is 35.9 Å². The van der Waals surface area contributed by atoms with Crippen LogP contribution < -0.4 is 9.47 Å². The highest BCUT2D eigenvalue weighted by Gasteiger charge is 2.08. The van der Waals surface area contributed by atoms with Gasteiger partial charge in [-0.15, -0.1) is 0 Å². The molecule has 5 nitrogen and oxygen atoms in total. The minimum atomic E-state index is 0.730. The van der Waals surface area contributed by atoms with Crippen LogP contribution in [0.15, 0.2) is 48.8 Å². The Kier molecular flexibility index (Phi) is 4.05. The zero-order valence-corrected chi connectivity index (χ0v) is 12.5. The molecule has 3 rings (SSSR count). The van der Waals surface area contributed by atoms with Gasteiger partial charge in [0.1, 0.15) is 0 Å². The first-order chi connectivity index (χ1) is 10.8. The fourth-order valence-electron chi connectivity index (χ4n) is 2.33. The Morgan fingerprint density at radius 3 is 2.45 bits per heavy atom. The topological polar surface area (TPSA) is 60.0 Å². The Morgan fingerprint density at radius 1 is 0.955 bits per heavy atom. The fourth-order valence-corrected chi connectivity index (χ4v) is 2.33. The van der Waals surface area contributed by atoms with E-state index in [0.29, 0.717) is 0 Å². The van der Waals surface area contributed by atoms with E-state index in [2.05, 4.69) is 15.2 Å². The number of aromatic nitrogens is 3. The van der Waals surface area contributed by atoms with E-state index in [0.717, 1.165) is 40.4 Å². The number of nitrogens with one attached hydrogen (secondary N) is 1. The van der Waals surface area contributed by atoms with Crippen molar-refractivity contribution in [2.24, 2.45) is 0 Å².